The van der Waals surface area contributed by atoms with Gasteiger partial charge in [0.15, 0.2) is 0 Å². The highest BCUT2D eigenvalue weighted by atomic mass is 32.2. The summed E-state index contributed by atoms with van der Waals surface area (Å²) in [6.07, 6.45) is 1.47. The van der Waals surface area contributed by atoms with Crippen molar-refractivity contribution < 1.29 is 27.9 Å². The van der Waals surface area contributed by atoms with Crippen LogP contribution in [0.2, 0.25) is 0 Å². The van der Waals surface area contributed by atoms with E-state index < -0.39 is 27.8 Å². The number of nitrogens with one attached hydrogen (secondary N) is 2. The predicted octanol–water partition coefficient (Wildman–Crippen LogP) is 1.36. The lowest BCUT2D eigenvalue weighted by Gasteiger charge is -2.16. The maximum Gasteiger partial charge on any atom is 0.306 e. The summed E-state index contributed by atoms with van der Waals surface area (Å²) in [5.74, 6) is -1.62. The van der Waals surface area contributed by atoms with E-state index in [2.05, 4.69) is 10.0 Å². The van der Waals surface area contributed by atoms with E-state index in [1.807, 2.05) is 0 Å². The summed E-state index contributed by atoms with van der Waals surface area (Å²) < 4.78 is 32.5. The average molecular weight is 384 g/mol. The highest BCUT2D eigenvalue weighted by Crippen LogP contribution is 2.27. The Hall–Kier alpha value is -2.13. The van der Waals surface area contributed by atoms with Crippen molar-refractivity contribution in [3.05, 3.63) is 23.8 Å². The normalized spacial score (nSPS) is 20.2. The van der Waals surface area contributed by atoms with Gasteiger partial charge in [-0.2, -0.15) is 0 Å². The van der Waals surface area contributed by atoms with Crippen molar-refractivity contribution in [1.29, 1.82) is 0 Å². The molecule has 0 saturated heterocycles. The summed E-state index contributed by atoms with van der Waals surface area (Å²) in [5, 5.41) is 11.8. The van der Waals surface area contributed by atoms with Gasteiger partial charge in [-0.25, -0.2) is 13.1 Å². The van der Waals surface area contributed by atoms with Crippen LogP contribution in [0.15, 0.2) is 23.1 Å². The van der Waals surface area contributed by atoms with E-state index in [9.17, 15) is 18.0 Å². The molecule has 0 bridgehead atoms. The number of methoxy groups -OCH3 is 1. The van der Waals surface area contributed by atoms with E-state index >= 15 is 0 Å². The molecule has 9 heteroatoms. The molecule has 0 heterocycles. The zero-order valence-electron chi connectivity index (χ0n) is 15.0. The predicted molar refractivity (Wildman–Crippen MR) is 94.7 cm³/mol. The lowest BCUT2D eigenvalue weighted by atomic mass is 10.1. The van der Waals surface area contributed by atoms with Crippen molar-refractivity contribution in [2.24, 2.45) is 5.92 Å². The van der Waals surface area contributed by atoms with Crippen LogP contribution in [-0.4, -0.2) is 44.6 Å². The molecule has 0 radical (unpaired) electrons. The number of carbonyl (C=O) groups excluding carboxylic acids is 1. The highest BCUT2D eigenvalue weighted by Gasteiger charge is 2.31. The van der Waals surface area contributed by atoms with Gasteiger partial charge in [0.2, 0.25) is 10.0 Å². The van der Waals surface area contributed by atoms with Gasteiger partial charge in [0.1, 0.15) is 10.6 Å². The Morgan fingerprint density at radius 2 is 1.96 bits per heavy atom. The molecule has 1 fully saturated rings. The number of benzene rings is 1. The van der Waals surface area contributed by atoms with E-state index in [1.54, 1.807) is 13.8 Å². The van der Waals surface area contributed by atoms with Gasteiger partial charge < -0.3 is 15.2 Å². The van der Waals surface area contributed by atoms with Crippen LogP contribution in [-0.2, 0) is 14.8 Å². The van der Waals surface area contributed by atoms with Crippen LogP contribution in [0, 0.1) is 5.92 Å². The number of hydrogen-bond donors (Lipinski definition) is 3. The van der Waals surface area contributed by atoms with Crippen LogP contribution in [0.4, 0.5) is 0 Å². The molecule has 1 amide bonds. The SMILES string of the molecule is COc1ccc(C(=O)N[C@H]2CC[C@@H](C(=O)O)C2)cc1S(=O)(=O)NC(C)C. The molecule has 0 spiro atoms. The van der Waals surface area contributed by atoms with Gasteiger partial charge in [-0.15, -0.1) is 0 Å². The second kappa shape index (κ2) is 8.05. The van der Waals surface area contributed by atoms with Crippen LogP contribution in [0.3, 0.4) is 0 Å². The highest BCUT2D eigenvalue weighted by molar-refractivity contribution is 7.89. The Labute approximate surface area is 153 Å². The molecule has 144 valence electrons. The molecule has 0 unspecified atom stereocenters. The molecular weight excluding hydrogens is 360 g/mol. The maximum absolute atomic E-state index is 12.5. The first-order chi connectivity index (χ1) is 12.1. The van der Waals surface area contributed by atoms with Crippen LogP contribution in [0.5, 0.6) is 5.75 Å². The third-order valence-electron chi connectivity index (χ3n) is 4.22. The zero-order valence-corrected chi connectivity index (χ0v) is 15.8. The summed E-state index contributed by atoms with van der Waals surface area (Å²) in [6.45, 7) is 3.39. The number of carbonyl (C=O) groups is 2. The molecule has 2 atom stereocenters. The molecule has 3 N–H and O–H groups in total. The number of aliphatic carboxylic acids is 1. The number of carboxylic acids is 1. The molecule has 1 aromatic rings. The van der Waals surface area contributed by atoms with Gasteiger partial charge in [-0.05, 0) is 51.3 Å². The average Bonchev–Trinajstić information content (AvgIpc) is 3.01. The number of sulfonamides is 1. The first-order valence-electron chi connectivity index (χ1n) is 8.38. The van der Waals surface area contributed by atoms with Gasteiger partial charge in [0.05, 0.1) is 13.0 Å². The van der Waals surface area contributed by atoms with E-state index in [4.69, 9.17) is 9.84 Å². The molecule has 1 aliphatic carbocycles. The van der Waals surface area contributed by atoms with Crippen molar-refractivity contribution >= 4 is 21.9 Å². The van der Waals surface area contributed by atoms with Crippen molar-refractivity contribution in [1.82, 2.24) is 10.0 Å². The fourth-order valence-corrected chi connectivity index (χ4v) is 4.45. The second-order valence-electron chi connectivity index (χ2n) is 6.66. The van der Waals surface area contributed by atoms with Crippen molar-refractivity contribution in [3.63, 3.8) is 0 Å². The summed E-state index contributed by atoms with van der Waals surface area (Å²) in [6, 6.07) is 3.63. The zero-order chi connectivity index (χ0) is 19.5. The Balaban J connectivity index is 2.21. The fourth-order valence-electron chi connectivity index (χ4n) is 3.01. The Bertz CT molecular complexity index is 790. The first-order valence-corrected chi connectivity index (χ1v) is 9.86. The van der Waals surface area contributed by atoms with Crippen LogP contribution < -0.4 is 14.8 Å². The molecular formula is C17H24N2O6S. The lowest BCUT2D eigenvalue weighted by molar-refractivity contribution is -0.141. The Morgan fingerprint density at radius 1 is 1.27 bits per heavy atom. The van der Waals surface area contributed by atoms with Gasteiger partial charge in [-0.3, -0.25) is 9.59 Å². The molecule has 0 aliphatic heterocycles. The summed E-state index contributed by atoms with van der Waals surface area (Å²) in [5.41, 5.74) is 0.175. The summed E-state index contributed by atoms with van der Waals surface area (Å²) in [7, 11) is -2.48. The van der Waals surface area contributed by atoms with Crippen molar-refractivity contribution in [2.45, 2.75) is 50.1 Å². The second-order valence-corrected chi connectivity index (χ2v) is 8.34. The molecule has 1 saturated carbocycles. The molecule has 2 rings (SSSR count). The molecule has 1 aromatic carbocycles. The van der Waals surface area contributed by atoms with E-state index in [0.717, 1.165) is 0 Å². The maximum atomic E-state index is 12.5. The number of hydrogen-bond acceptors (Lipinski definition) is 5. The first kappa shape index (κ1) is 20.2. The smallest absolute Gasteiger partial charge is 0.306 e. The largest absolute Gasteiger partial charge is 0.495 e. The number of amides is 1. The Kier molecular flexibility index (Phi) is 6.25. The fraction of sp³-hybridized carbons (Fsp3) is 0.529. The minimum atomic E-state index is -3.84. The van der Waals surface area contributed by atoms with E-state index in [-0.39, 0.29) is 28.3 Å². The van der Waals surface area contributed by atoms with Crippen molar-refractivity contribution in [2.75, 3.05) is 7.11 Å². The minimum Gasteiger partial charge on any atom is -0.495 e. The number of carboxylic acid groups (broad SMARTS) is 1. The monoisotopic (exact) mass is 384 g/mol. The van der Waals surface area contributed by atoms with E-state index in [1.165, 1.54) is 25.3 Å². The van der Waals surface area contributed by atoms with Gasteiger partial charge in [0.25, 0.3) is 5.91 Å². The molecule has 8 nitrogen and oxygen atoms in total. The quantitative estimate of drug-likeness (QED) is 0.653. The van der Waals surface area contributed by atoms with Gasteiger partial charge in [0, 0.05) is 17.6 Å². The number of rotatable bonds is 7. The van der Waals surface area contributed by atoms with Crippen LogP contribution >= 0.6 is 0 Å². The number of ether oxygens (including phenoxy) is 1. The summed E-state index contributed by atoms with van der Waals surface area (Å²) in [4.78, 5) is 23.4. The Morgan fingerprint density at radius 3 is 2.50 bits per heavy atom. The molecule has 0 aromatic heterocycles. The topological polar surface area (TPSA) is 122 Å². The third kappa shape index (κ3) is 4.73. The standard InChI is InChI=1S/C17H24N2O6S/c1-10(2)19-26(23,24)15-9-11(5-7-14(15)25-3)16(20)18-13-6-4-12(8-13)17(21)22/h5,7,9-10,12-13,19H,4,6,8H2,1-3H3,(H,18,20)(H,21,22)/t12-,13+/m1/s1. The van der Waals surface area contributed by atoms with Crippen LogP contribution in [0.25, 0.3) is 0 Å². The van der Waals surface area contributed by atoms with Crippen LogP contribution in [0.1, 0.15) is 43.5 Å². The molecule has 26 heavy (non-hydrogen) atoms. The van der Waals surface area contributed by atoms with E-state index in [0.29, 0.717) is 19.3 Å². The van der Waals surface area contributed by atoms with Gasteiger partial charge in [-0.1, -0.05) is 0 Å². The minimum absolute atomic E-state index is 0.115. The summed E-state index contributed by atoms with van der Waals surface area (Å²) >= 11 is 0. The lowest BCUT2D eigenvalue weighted by Crippen LogP contribution is -2.34. The third-order valence-corrected chi connectivity index (χ3v) is 5.90. The van der Waals surface area contributed by atoms with Gasteiger partial charge >= 0.3 is 5.97 Å². The van der Waals surface area contributed by atoms with Crippen molar-refractivity contribution in [3.8, 4) is 5.75 Å². The molecule has 1 aliphatic rings.